The number of hydrogen-bond acceptors (Lipinski definition) is 5. The van der Waals surface area contributed by atoms with Gasteiger partial charge in [-0.1, -0.05) is 29.8 Å². The van der Waals surface area contributed by atoms with Gasteiger partial charge in [-0.2, -0.15) is 0 Å². The summed E-state index contributed by atoms with van der Waals surface area (Å²) in [7, 11) is 3.14. The second kappa shape index (κ2) is 9.57. The molecular formula is C22H28N2O4. The first-order valence-corrected chi connectivity index (χ1v) is 9.50. The number of benzene rings is 2. The molecular weight excluding hydrogens is 356 g/mol. The summed E-state index contributed by atoms with van der Waals surface area (Å²) in [6.45, 7) is 5.71. The third kappa shape index (κ3) is 5.03. The monoisotopic (exact) mass is 384 g/mol. The number of nitrogens with one attached hydrogen (secondary N) is 1. The van der Waals surface area contributed by atoms with Gasteiger partial charge in [-0.25, -0.2) is 0 Å². The molecule has 150 valence electrons. The van der Waals surface area contributed by atoms with Crippen LogP contribution in [0.3, 0.4) is 0 Å². The molecule has 3 rings (SSSR count). The molecule has 0 saturated carbocycles. The zero-order valence-corrected chi connectivity index (χ0v) is 16.7. The molecule has 0 radical (unpaired) electrons. The van der Waals surface area contributed by atoms with E-state index in [2.05, 4.69) is 41.4 Å². The van der Waals surface area contributed by atoms with Crippen molar-refractivity contribution in [1.29, 1.82) is 0 Å². The quantitative estimate of drug-likeness (QED) is 0.795. The molecule has 1 aliphatic heterocycles. The van der Waals surface area contributed by atoms with Gasteiger partial charge < -0.3 is 19.5 Å². The van der Waals surface area contributed by atoms with Crippen LogP contribution in [0.2, 0.25) is 0 Å². The van der Waals surface area contributed by atoms with Crippen LogP contribution in [0.5, 0.6) is 11.5 Å². The number of ether oxygens (including phenoxy) is 3. The Morgan fingerprint density at radius 1 is 1.07 bits per heavy atom. The smallest absolute Gasteiger partial charge is 0.251 e. The molecule has 1 saturated heterocycles. The molecule has 6 heteroatoms. The topological polar surface area (TPSA) is 60.0 Å². The number of nitrogens with zero attached hydrogens (tertiary/aromatic N) is 1. The lowest BCUT2D eigenvalue weighted by atomic mass is 10.0. The van der Waals surface area contributed by atoms with Gasteiger partial charge in [-0.3, -0.25) is 9.69 Å². The van der Waals surface area contributed by atoms with Gasteiger partial charge in [0.15, 0.2) is 0 Å². The molecule has 2 aromatic rings. The third-order valence-electron chi connectivity index (χ3n) is 5.02. The number of hydrogen-bond donors (Lipinski definition) is 1. The first-order valence-electron chi connectivity index (χ1n) is 9.50. The van der Waals surface area contributed by atoms with Crippen molar-refractivity contribution in [2.24, 2.45) is 0 Å². The molecule has 28 heavy (non-hydrogen) atoms. The average molecular weight is 384 g/mol. The van der Waals surface area contributed by atoms with Crippen molar-refractivity contribution in [3.05, 3.63) is 59.2 Å². The minimum absolute atomic E-state index is 0.0981. The second-order valence-corrected chi connectivity index (χ2v) is 6.89. The van der Waals surface area contributed by atoms with Crippen molar-refractivity contribution in [3.8, 4) is 11.5 Å². The highest BCUT2D eigenvalue weighted by molar-refractivity contribution is 5.95. The zero-order valence-electron chi connectivity index (χ0n) is 16.7. The standard InChI is InChI=1S/C22H28N2O4/c1-16-4-6-17(7-5-16)21(24-8-10-28-11-9-24)15-23-22(25)18-12-19(26-2)14-20(13-18)27-3/h4-7,12-14,21H,8-11,15H2,1-3H3,(H,23,25). The summed E-state index contributed by atoms with van der Waals surface area (Å²) in [5, 5.41) is 3.08. The van der Waals surface area contributed by atoms with E-state index in [4.69, 9.17) is 14.2 Å². The Morgan fingerprint density at radius 2 is 1.68 bits per heavy atom. The summed E-state index contributed by atoms with van der Waals surface area (Å²) in [6, 6.07) is 13.8. The highest BCUT2D eigenvalue weighted by Crippen LogP contribution is 2.24. The lowest BCUT2D eigenvalue weighted by molar-refractivity contribution is 0.0162. The predicted octanol–water partition coefficient (Wildman–Crippen LogP) is 2.82. The van der Waals surface area contributed by atoms with Crippen LogP contribution in [0.15, 0.2) is 42.5 Å². The number of aryl methyl sites for hydroxylation is 1. The van der Waals surface area contributed by atoms with E-state index in [-0.39, 0.29) is 11.9 Å². The molecule has 1 atom stereocenters. The predicted molar refractivity (Wildman–Crippen MR) is 108 cm³/mol. The highest BCUT2D eigenvalue weighted by Gasteiger charge is 2.23. The first kappa shape index (κ1) is 20.2. The van der Waals surface area contributed by atoms with Gasteiger partial charge in [0, 0.05) is 31.3 Å². The van der Waals surface area contributed by atoms with Crippen molar-refractivity contribution in [2.45, 2.75) is 13.0 Å². The molecule has 0 aliphatic carbocycles. The fourth-order valence-electron chi connectivity index (χ4n) is 3.37. The van der Waals surface area contributed by atoms with Crippen LogP contribution in [-0.2, 0) is 4.74 Å². The zero-order chi connectivity index (χ0) is 19.9. The molecule has 1 aliphatic rings. The van der Waals surface area contributed by atoms with Gasteiger partial charge >= 0.3 is 0 Å². The SMILES string of the molecule is COc1cc(OC)cc(C(=O)NCC(c2ccc(C)cc2)N2CCOCC2)c1. The maximum absolute atomic E-state index is 12.8. The van der Waals surface area contributed by atoms with E-state index in [0.29, 0.717) is 36.8 Å². The number of amides is 1. The lowest BCUT2D eigenvalue weighted by Crippen LogP contribution is -2.43. The van der Waals surface area contributed by atoms with Gasteiger partial charge in [-0.15, -0.1) is 0 Å². The fraction of sp³-hybridized carbons (Fsp3) is 0.409. The van der Waals surface area contributed by atoms with Crippen LogP contribution < -0.4 is 14.8 Å². The van der Waals surface area contributed by atoms with Gasteiger partial charge in [0.2, 0.25) is 0 Å². The van der Waals surface area contributed by atoms with Crippen molar-refractivity contribution in [3.63, 3.8) is 0 Å². The summed E-state index contributed by atoms with van der Waals surface area (Å²) < 4.78 is 16.0. The van der Waals surface area contributed by atoms with E-state index in [1.165, 1.54) is 11.1 Å². The Labute approximate surface area is 166 Å². The molecule has 1 N–H and O–H groups in total. The van der Waals surface area contributed by atoms with Crippen LogP contribution in [0.25, 0.3) is 0 Å². The number of methoxy groups -OCH3 is 2. The Kier molecular flexibility index (Phi) is 6.90. The summed E-state index contributed by atoms with van der Waals surface area (Å²) in [6.07, 6.45) is 0. The van der Waals surface area contributed by atoms with Gasteiger partial charge in [-0.05, 0) is 24.6 Å². The largest absolute Gasteiger partial charge is 0.497 e. The minimum Gasteiger partial charge on any atom is -0.497 e. The Bertz CT molecular complexity index is 763. The molecule has 0 spiro atoms. The average Bonchev–Trinajstić information content (AvgIpc) is 2.75. The molecule has 1 fully saturated rings. The van der Waals surface area contributed by atoms with Crippen LogP contribution in [-0.4, -0.2) is 57.9 Å². The lowest BCUT2D eigenvalue weighted by Gasteiger charge is -2.35. The molecule has 6 nitrogen and oxygen atoms in total. The fourth-order valence-corrected chi connectivity index (χ4v) is 3.37. The van der Waals surface area contributed by atoms with Crippen molar-refractivity contribution < 1.29 is 19.0 Å². The normalized spacial score (nSPS) is 15.7. The molecule has 0 aromatic heterocycles. The molecule has 1 unspecified atom stereocenters. The Hall–Kier alpha value is -2.57. The Morgan fingerprint density at radius 3 is 2.25 bits per heavy atom. The van der Waals surface area contributed by atoms with Crippen LogP contribution in [0, 0.1) is 6.92 Å². The summed E-state index contributed by atoms with van der Waals surface area (Å²) in [4.78, 5) is 15.1. The minimum atomic E-state index is -0.150. The van der Waals surface area contributed by atoms with E-state index < -0.39 is 0 Å². The van der Waals surface area contributed by atoms with Crippen LogP contribution >= 0.6 is 0 Å². The first-order chi connectivity index (χ1) is 13.6. The van der Waals surface area contributed by atoms with E-state index >= 15 is 0 Å². The number of rotatable bonds is 7. The highest BCUT2D eigenvalue weighted by atomic mass is 16.5. The summed E-state index contributed by atoms with van der Waals surface area (Å²) in [5.74, 6) is 1.03. The summed E-state index contributed by atoms with van der Waals surface area (Å²) in [5.41, 5.74) is 2.92. The van der Waals surface area contributed by atoms with E-state index in [0.717, 1.165) is 13.1 Å². The number of carbonyl (C=O) groups excluding carboxylic acids is 1. The van der Waals surface area contributed by atoms with Gasteiger partial charge in [0.05, 0.1) is 33.5 Å². The van der Waals surface area contributed by atoms with Gasteiger partial charge in [0.1, 0.15) is 11.5 Å². The van der Waals surface area contributed by atoms with E-state index in [1.807, 2.05) is 0 Å². The van der Waals surface area contributed by atoms with Gasteiger partial charge in [0.25, 0.3) is 5.91 Å². The number of morpholine rings is 1. The Balaban J connectivity index is 1.75. The summed E-state index contributed by atoms with van der Waals surface area (Å²) >= 11 is 0. The van der Waals surface area contributed by atoms with Crippen molar-refractivity contribution >= 4 is 5.91 Å². The maximum Gasteiger partial charge on any atom is 0.251 e. The van der Waals surface area contributed by atoms with E-state index in [9.17, 15) is 4.79 Å². The second-order valence-electron chi connectivity index (χ2n) is 6.89. The maximum atomic E-state index is 12.8. The van der Waals surface area contributed by atoms with E-state index in [1.54, 1.807) is 32.4 Å². The van der Waals surface area contributed by atoms with Crippen LogP contribution in [0.1, 0.15) is 27.5 Å². The number of carbonyl (C=O) groups is 1. The molecule has 0 bridgehead atoms. The van der Waals surface area contributed by atoms with Crippen molar-refractivity contribution in [2.75, 3.05) is 47.1 Å². The third-order valence-corrected chi connectivity index (χ3v) is 5.02. The van der Waals surface area contributed by atoms with Crippen molar-refractivity contribution in [1.82, 2.24) is 10.2 Å². The molecule has 2 aromatic carbocycles. The molecule has 1 amide bonds. The van der Waals surface area contributed by atoms with Crippen LogP contribution in [0.4, 0.5) is 0 Å². The molecule has 1 heterocycles.